The summed E-state index contributed by atoms with van der Waals surface area (Å²) in [7, 11) is 0. The molecular weight excluding hydrogens is 574 g/mol. The zero-order chi connectivity index (χ0) is 31.4. The second kappa shape index (κ2) is 15.9. The summed E-state index contributed by atoms with van der Waals surface area (Å²) in [4.78, 5) is 41.3. The lowest BCUT2D eigenvalue weighted by atomic mass is 9.88. The van der Waals surface area contributed by atoms with Crippen LogP contribution in [0.2, 0.25) is 0 Å². The molecule has 2 aliphatic heterocycles. The van der Waals surface area contributed by atoms with Crippen LogP contribution in [0.3, 0.4) is 0 Å². The Bertz CT molecular complexity index is 1470. The molecule has 4 unspecified atom stereocenters. The van der Waals surface area contributed by atoms with Crippen molar-refractivity contribution >= 4 is 17.8 Å². The first-order valence-electron chi connectivity index (χ1n) is 15.0. The average Bonchev–Trinajstić information content (AvgIpc) is 3.47. The molecule has 0 radical (unpaired) electrons. The van der Waals surface area contributed by atoms with Crippen LogP contribution in [-0.2, 0) is 41.6 Å². The fourth-order valence-electron chi connectivity index (χ4n) is 5.30. The minimum atomic E-state index is -1.13. The van der Waals surface area contributed by atoms with Gasteiger partial charge in [0.2, 0.25) is 5.91 Å². The van der Waals surface area contributed by atoms with Gasteiger partial charge in [0, 0.05) is 0 Å². The van der Waals surface area contributed by atoms with Crippen molar-refractivity contribution in [1.29, 1.82) is 0 Å². The van der Waals surface area contributed by atoms with Crippen molar-refractivity contribution in [3.05, 3.63) is 132 Å². The molecule has 0 aromatic heterocycles. The van der Waals surface area contributed by atoms with Gasteiger partial charge >= 0.3 is 6.09 Å². The Labute approximate surface area is 262 Å². The lowest BCUT2D eigenvalue weighted by molar-refractivity contribution is -0.143. The Hall–Kier alpha value is -4.57. The number of cyclic esters (lactones) is 1. The summed E-state index contributed by atoms with van der Waals surface area (Å²) in [5.41, 5.74) is 2.60. The third kappa shape index (κ3) is 8.54. The number of ketones is 1. The fraction of sp³-hybridized carbons (Fsp3) is 0.306. The molecule has 4 atom stereocenters. The van der Waals surface area contributed by atoms with Gasteiger partial charge in [-0.2, -0.15) is 0 Å². The minimum Gasteiger partial charge on any atom is -0.482 e. The molecule has 0 aliphatic carbocycles. The molecule has 9 nitrogen and oxygen atoms in total. The van der Waals surface area contributed by atoms with Crippen molar-refractivity contribution in [2.75, 3.05) is 26.4 Å². The van der Waals surface area contributed by atoms with E-state index >= 15 is 0 Å². The number of hydrogen-bond acceptors (Lipinski definition) is 8. The minimum absolute atomic E-state index is 0.0333. The van der Waals surface area contributed by atoms with Gasteiger partial charge in [0.05, 0.1) is 32.3 Å². The zero-order valence-corrected chi connectivity index (χ0v) is 24.9. The maximum Gasteiger partial charge on any atom is 0.417 e. The first-order chi connectivity index (χ1) is 22.0. The molecule has 3 aromatic rings. The molecule has 3 aromatic carbocycles. The first-order valence-corrected chi connectivity index (χ1v) is 15.0. The Morgan fingerprint density at radius 1 is 0.933 bits per heavy atom. The van der Waals surface area contributed by atoms with Gasteiger partial charge in [-0.05, 0) is 47.8 Å². The third-order valence-electron chi connectivity index (χ3n) is 7.67. The molecule has 0 bridgehead atoms. The van der Waals surface area contributed by atoms with Gasteiger partial charge in [0.1, 0.15) is 24.5 Å². The van der Waals surface area contributed by atoms with Gasteiger partial charge in [-0.25, -0.2) is 9.69 Å². The van der Waals surface area contributed by atoms with Crippen LogP contribution in [0.4, 0.5) is 4.79 Å². The van der Waals surface area contributed by atoms with E-state index in [9.17, 15) is 19.5 Å². The van der Waals surface area contributed by atoms with Crippen LogP contribution in [0, 0.1) is 5.92 Å². The van der Waals surface area contributed by atoms with Crippen molar-refractivity contribution in [3.8, 4) is 0 Å². The fourth-order valence-corrected chi connectivity index (χ4v) is 5.30. The molecule has 1 fully saturated rings. The number of imide groups is 1. The molecule has 1 saturated heterocycles. The van der Waals surface area contributed by atoms with Gasteiger partial charge in [0.25, 0.3) is 0 Å². The van der Waals surface area contributed by atoms with Gasteiger partial charge < -0.3 is 24.1 Å². The molecule has 1 N–H and O–H groups in total. The summed E-state index contributed by atoms with van der Waals surface area (Å²) < 4.78 is 22.9. The number of aliphatic hydroxyl groups excluding tert-OH is 1. The normalized spacial score (nSPS) is 20.1. The second-order valence-corrected chi connectivity index (χ2v) is 10.9. The van der Waals surface area contributed by atoms with Gasteiger partial charge in [0.15, 0.2) is 11.9 Å². The van der Waals surface area contributed by atoms with Gasteiger partial charge in [-0.1, -0.05) is 91.0 Å². The lowest BCUT2D eigenvalue weighted by Gasteiger charge is -2.31. The number of benzene rings is 3. The van der Waals surface area contributed by atoms with E-state index in [-0.39, 0.29) is 32.0 Å². The number of allylic oxidation sites excluding steroid dienone is 1. The summed E-state index contributed by atoms with van der Waals surface area (Å²) >= 11 is 0. The van der Waals surface area contributed by atoms with E-state index in [4.69, 9.17) is 18.9 Å². The number of carbonyl (C=O) groups is 3. The third-order valence-corrected chi connectivity index (χ3v) is 7.67. The molecule has 2 heterocycles. The van der Waals surface area contributed by atoms with E-state index in [0.717, 1.165) is 21.6 Å². The smallest absolute Gasteiger partial charge is 0.417 e. The lowest BCUT2D eigenvalue weighted by Crippen LogP contribution is -2.47. The van der Waals surface area contributed by atoms with E-state index in [2.05, 4.69) is 0 Å². The van der Waals surface area contributed by atoms with E-state index in [1.54, 1.807) is 12.2 Å². The van der Waals surface area contributed by atoms with Crippen molar-refractivity contribution in [1.82, 2.24) is 4.90 Å². The van der Waals surface area contributed by atoms with Crippen LogP contribution in [0.5, 0.6) is 0 Å². The number of aliphatic hydroxyl groups is 1. The van der Waals surface area contributed by atoms with Crippen molar-refractivity contribution in [2.45, 2.75) is 37.7 Å². The Kier molecular flexibility index (Phi) is 11.3. The highest BCUT2D eigenvalue weighted by Crippen LogP contribution is 2.33. The highest BCUT2D eigenvalue weighted by atomic mass is 16.6. The van der Waals surface area contributed by atoms with E-state index < -0.39 is 36.2 Å². The topological polar surface area (TPSA) is 112 Å². The molecule has 0 spiro atoms. The quantitative estimate of drug-likeness (QED) is 0.255. The van der Waals surface area contributed by atoms with Crippen molar-refractivity contribution in [3.63, 3.8) is 0 Å². The monoisotopic (exact) mass is 611 g/mol. The highest BCUT2D eigenvalue weighted by Gasteiger charge is 2.46. The summed E-state index contributed by atoms with van der Waals surface area (Å²) in [5.74, 6) is -1.44. The molecule has 0 saturated carbocycles. The zero-order valence-electron chi connectivity index (χ0n) is 24.9. The van der Waals surface area contributed by atoms with Crippen molar-refractivity contribution in [2.24, 2.45) is 5.92 Å². The number of ether oxygens (including phenoxy) is 4. The van der Waals surface area contributed by atoms with Crippen LogP contribution >= 0.6 is 0 Å². The molecule has 234 valence electrons. The summed E-state index contributed by atoms with van der Waals surface area (Å²) in [6.45, 7) is 0.779. The predicted molar refractivity (Wildman–Crippen MR) is 166 cm³/mol. The second-order valence-electron chi connectivity index (χ2n) is 10.9. The summed E-state index contributed by atoms with van der Waals surface area (Å²) in [6, 6.07) is 27.6. The number of amides is 2. The van der Waals surface area contributed by atoms with E-state index in [1.165, 1.54) is 6.08 Å². The van der Waals surface area contributed by atoms with E-state index in [0.29, 0.717) is 25.4 Å². The number of nitrogens with zero attached hydrogens (tertiary/aromatic N) is 1. The molecular formula is C36H37NO8. The molecule has 5 rings (SSSR count). The van der Waals surface area contributed by atoms with Crippen LogP contribution in [-0.4, -0.2) is 66.4 Å². The highest BCUT2D eigenvalue weighted by molar-refractivity contribution is 6.02. The largest absolute Gasteiger partial charge is 0.482 e. The first kappa shape index (κ1) is 31.8. The molecule has 9 heteroatoms. The predicted octanol–water partition coefficient (Wildman–Crippen LogP) is 4.96. The van der Waals surface area contributed by atoms with Crippen LogP contribution in [0.1, 0.15) is 29.2 Å². The van der Waals surface area contributed by atoms with Crippen LogP contribution < -0.4 is 0 Å². The van der Waals surface area contributed by atoms with Gasteiger partial charge in [-0.15, -0.1) is 0 Å². The maximum absolute atomic E-state index is 14.1. The Morgan fingerprint density at radius 3 is 2.29 bits per heavy atom. The van der Waals surface area contributed by atoms with Gasteiger partial charge in [-0.3, -0.25) is 9.59 Å². The Morgan fingerprint density at radius 2 is 1.60 bits per heavy atom. The molecule has 45 heavy (non-hydrogen) atoms. The number of carbonyl (C=O) groups excluding carboxylic acids is 3. The van der Waals surface area contributed by atoms with E-state index in [1.807, 2.05) is 91.0 Å². The standard InChI is InChI=1S/C36H37NO8/c38-22-30(43-23-27-13-6-2-7-14-27)24-42-20-10-17-29-18-19-33(39)34(45-29)31(21-26-11-4-1-5-12-26)35(40)37-32(25-44-36(37)41)28-15-8-3-9-16-28/h1-9,11-19,30-32,34,38H,10,20-25H2. The molecule has 2 aliphatic rings. The summed E-state index contributed by atoms with van der Waals surface area (Å²) in [5, 5.41) is 9.66. The molecule has 2 amide bonds. The maximum atomic E-state index is 14.1. The van der Waals surface area contributed by atoms with Crippen LogP contribution in [0.15, 0.2) is 115 Å². The average molecular weight is 612 g/mol. The van der Waals surface area contributed by atoms with Crippen LogP contribution in [0.25, 0.3) is 0 Å². The number of hydrogen-bond donors (Lipinski definition) is 1. The Balaban J connectivity index is 1.24. The summed E-state index contributed by atoms with van der Waals surface area (Å²) in [6.07, 6.45) is 3.07. The number of rotatable bonds is 14. The SMILES string of the molecule is O=C1C=CC(=CCCOCC(CO)OCc2ccccc2)OC1C(Cc1ccccc1)C(=O)N1C(=O)OCC1c1ccccc1. The van der Waals surface area contributed by atoms with Crippen molar-refractivity contribution < 1.29 is 38.4 Å².